The summed E-state index contributed by atoms with van der Waals surface area (Å²) in [7, 11) is 3.16. The lowest BCUT2D eigenvalue weighted by Gasteiger charge is -2.17. The van der Waals surface area contributed by atoms with E-state index in [2.05, 4.69) is 15.5 Å². The molecule has 8 nitrogen and oxygen atoms in total. The molecule has 9 heteroatoms. The second kappa shape index (κ2) is 9.23. The van der Waals surface area contributed by atoms with Crippen molar-refractivity contribution in [1.29, 1.82) is 0 Å². The zero-order valence-corrected chi connectivity index (χ0v) is 16.1. The third kappa shape index (κ3) is 5.48. The summed E-state index contributed by atoms with van der Waals surface area (Å²) in [6.45, 7) is 4.00. The highest BCUT2D eigenvalue weighted by molar-refractivity contribution is 7.99. The van der Waals surface area contributed by atoms with Gasteiger partial charge in [-0.25, -0.2) is 0 Å². The van der Waals surface area contributed by atoms with Gasteiger partial charge in [0.15, 0.2) is 5.16 Å². The Bertz CT molecular complexity index is 762. The lowest BCUT2D eigenvalue weighted by Crippen LogP contribution is -2.36. The average molecular weight is 377 g/mol. The first-order valence-corrected chi connectivity index (χ1v) is 9.09. The molecule has 0 fully saturated rings. The van der Waals surface area contributed by atoms with Crippen molar-refractivity contribution < 1.29 is 14.3 Å². The quantitative estimate of drug-likeness (QED) is 0.708. The Hall–Kier alpha value is -2.55. The molecule has 0 aliphatic heterocycles. The lowest BCUT2D eigenvalue weighted by atomic mass is 10.3. The summed E-state index contributed by atoms with van der Waals surface area (Å²) in [5.41, 5.74) is 0.620. The van der Waals surface area contributed by atoms with Crippen LogP contribution in [-0.4, -0.2) is 57.9 Å². The number of likely N-dealkylation sites (N-methyl/N-ethyl adjacent to an activating group) is 1. The fourth-order valence-corrected chi connectivity index (χ4v) is 3.12. The molecule has 1 aromatic carbocycles. The van der Waals surface area contributed by atoms with Gasteiger partial charge in [0.1, 0.15) is 12.1 Å². The summed E-state index contributed by atoms with van der Waals surface area (Å²) in [6, 6.07) is 7.27. The second-order valence-corrected chi connectivity index (χ2v) is 6.88. The normalized spacial score (nSPS) is 10.7. The van der Waals surface area contributed by atoms with E-state index in [1.165, 1.54) is 16.7 Å². The van der Waals surface area contributed by atoms with Crippen molar-refractivity contribution in [3.05, 3.63) is 30.6 Å². The molecule has 0 aliphatic rings. The first-order valence-electron chi connectivity index (χ1n) is 8.11. The SMILES string of the molecule is COc1cccc(NC(=O)CN(C)C(=O)CSc2nncn2C(C)C)c1. The molecule has 1 N–H and O–H groups in total. The molecular formula is C17H23N5O3S. The molecule has 2 rings (SSSR count). The fraction of sp³-hybridized carbons (Fsp3) is 0.412. The fourth-order valence-electron chi connectivity index (χ4n) is 2.13. The molecule has 0 bridgehead atoms. The molecule has 2 amide bonds. The van der Waals surface area contributed by atoms with Crippen LogP contribution in [0.3, 0.4) is 0 Å². The molecule has 0 aliphatic carbocycles. The lowest BCUT2D eigenvalue weighted by molar-refractivity contribution is -0.131. The van der Waals surface area contributed by atoms with E-state index in [0.717, 1.165) is 0 Å². The van der Waals surface area contributed by atoms with Crippen LogP contribution < -0.4 is 10.1 Å². The highest BCUT2D eigenvalue weighted by atomic mass is 32.2. The summed E-state index contributed by atoms with van der Waals surface area (Å²) in [4.78, 5) is 25.8. The number of anilines is 1. The summed E-state index contributed by atoms with van der Waals surface area (Å²) >= 11 is 1.30. The minimum absolute atomic E-state index is 0.0343. The Balaban J connectivity index is 1.84. The number of thioether (sulfide) groups is 1. The topological polar surface area (TPSA) is 89.3 Å². The third-order valence-electron chi connectivity index (χ3n) is 3.58. The Morgan fingerprint density at radius 1 is 1.38 bits per heavy atom. The summed E-state index contributed by atoms with van der Waals surface area (Å²) < 4.78 is 7.01. The van der Waals surface area contributed by atoms with Crippen LogP contribution in [-0.2, 0) is 9.59 Å². The Morgan fingerprint density at radius 3 is 2.85 bits per heavy atom. The molecule has 2 aromatic rings. The number of hydrogen-bond acceptors (Lipinski definition) is 6. The van der Waals surface area contributed by atoms with E-state index in [1.54, 1.807) is 44.8 Å². The first-order chi connectivity index (χ1) is 12.4. The van der Waals surface area contributed by atoms with Gasteiger partial charge in [-0.1, -0.05) is 17.8 Å². The number of benzene rings is 1. The summed E-state index contributed by atoms with van der Waals surface area (Å²) in [5.74, 6) is 0.408. The standard InChI is InChI=1S/C17H23N5O3S/c1-12(2)22-11-18-20-17(22)26-10-16(24)21(3)9-15(23)19-13-6-5-7-14(8-13)25-4/h5-8,11-12H,9-10H2,1-4H3,(H,19,23). The van der Waals surface area contributed by atoms with E-state index >= 15 is 0 Å². The van der Waals surface area contributed by atoms with E-state index in [1.807, 2.05) is 18.4 Å². The number of rotatable bonds is 8. The smallest absolute Gasteiger partial charge is 0.243 e. The highest BCUT2D eigenvalue weighted by Crippen LogP contribution is 2.19. The Kier molecular flexibility index (Phi) is 7.02. The minimum Gasteiger partial charge on any atom is -0.497 e. The molecule has 140 valence electrons. The van der Waals surface area contributed by atoms with Crippen LogP contribution in [0.1, 0.15) is 19.9 Å². The maximum atomic E-state index is 12.3. The Labute approximate surface area is 156 Å². The molecule has 0 saturated carbocycles. The van der Waals surface area contributed by atoms with E-state index in [9.17, 15) is 9.59 Å². The molecule has 1 aromatic heterocycles. The number of aromatic nitrogens is 3. The van der Waals surface area contributed by atoms with Gasteiger partial charge in [0.05, 0.1) is 19.4 Å². The van der Waals surface area contributed by atoms with Crippen molar-refractivity contribution in [2.75, 3.05) is 31.8 Å². The van der Waals surface area contributed by atoms with Crippen LogP contribution in [0.2, 0.25) is 0 Å². The molecular weight excluding hydrogens is 354 g/mol. The molecule has 0 atom stereocenters. The zero-order chi connectivity index (χ0) is 19.1. The molecule has 1 heterocycles. The molecule has 26 heavy (non-hydrogen) atoms. The predicted molar refractivity (Wildman–Crippen MR) is 100 cm³/mol. The molecule has 0 radical (unpaired) electrons. The van der Waals surface area contributed by atoms with E-state index in [0.29, 0.717) is 16.6 Å². The maximum Gasteiger partial charge on any atom is 0.243 e. The number of nitrogens with zero attached hydrogens (tertiary/aromatic N) is 4. The van der Waals surface area contributed by atoms with Crippen LogP contribution in [0, 0.1) is 0 Å². The zero-order valence-electron chi connectivity index (χ0n) is 15.3. The van der Waals surface area contributed by atoms with Crippen LogP contribution in [0.4, 0.5) is 5.69 Å². The van der Waals surface area contributed by atoms with Crippen LogP contribution in [0.15, 0.2) is 35.7 Å². The minimum atomic E-state index is -0.274. The van der Waals surface area contributed by atoms with Crippen LogP contribution >= 0.6 is 11.8 Å². The van der Waals surface area contributed by atoms with Gasteiger partial charge in [0.2, 0.25) is 11.8 Å². The number of hydrogen-bond donors (Lipinski definition) is 1. The number of ether oxygens (including phenoxy) is 1. The van der Waals surface area contributed by atoms with Gasteiger partial charge in [0.25, 0.3) is 0 Å². The second-order valence-electron chi connectivity index (χ2n) is 5.93. The number of carbonyl (C=O) groups is 2. The maximum absolute atomic E-state index is 12.3. The van der Waals surface area contributed by atoms with Crippen molar-refractivity contribution in [2.24, 2.45) is 0 Å². The molecule has 0 spiro atoms. The van der Waals surface area contributed by atoms with Crippen molar-refractivity contribution >= 4 is 29.3 Å². The number of methoxy groups -OCH3 is 1. The van der Waals surface area contributed by atoms with Crippen molar-refractivity contribution in [3.63, 3.8) is 0 Å². The van der Waals surface area contributed by atoms with Crippen molar-refractivity contribution in [2.45, 2.75) is 25.0 Å². The van der Waals surface area contributed by atoms with Gasteiger partial charge in [0, 0.05) is 24.8 Å². The number of nitrogens with one attached hydrogen (secondary N) is 1. The number of amides is 2. The predicted octanol–water partition coefficient (Wildman–Crippen LogP) is 2.06. The first kappa shape index (κ1) is 19.8. The third-order valence-corrected chi connectivity index (χ3v) is 4.52. The van der Waals surface area contributed by atoms with Crippen LogP contribution in [0.5, 0.6) is 5.75 Å². The summed E-state index contributed by atoms with van der Waals surface area (Å²) in [5, 5.41) is 11.3. The van der Waals surface area contributed by atoms with E-state index in [-0.39, 0.29) is 30.2 Å². The van der Waals surface area contributed by atoms with Gasteiger partial charge >= 0.3 is 0 Å². The summed E-state index contributed by atoms with van der Waals surface area (Å²) in [6.07, 6.45) is 1.64. The monoisotopic (exact) mass is 377 g/mol. The van der Waals surface area contributed by atoms with Crippen molar-refractivity contribution in [1.82, 2.24) is 19.7 Å². The van der Waals surface area contributed by atoms with E-state index < -0.39 is 0 Å². The van der Waals surface area contributed by atoms with Gasteiger partial charge in [-0.05, 0) is 26.0 Å². The van der Waals surface area contributed by atoms with E-state index in [4.69, 9.17) is 4.74 Å². The Morgan fingerprint density at radius 2 is 2.15 bits per heavy atom. The largest absolute Gasteiger partial charge is 0.497 e. The average Bonchev–Trinajstić information content (AvgIpc) is 3.08. The highest BCUT2D eigenvalue weighted by Gasteiger charge is 2.16. The van der Waals surface area contributed by atoms with Gasteiger partial charge in [-0.15, -0.1) is 10.2 Å². The van der Waals surface area contributed by atoms with Crippen molar-refractivity contribution in [3.8, 4) is 5.75 Å². The van der Waals surface area contributed by atoms with Crippen LogP contribution in [0.25, 0.3) is 0 Å². The van der Waals surface area contributed by atoms with Gasteiger partial charge in [-0.3, -0.25) is 9.59 Å². The van der Waals surface area contributed by atoms with Gasteiger partial charge in [-0.2, -0.15) is 0 Å². The number of carbonyl (C=O) groups excluding carboxylic acids is 2. The van der Waals surface area contributed by atoms with Gasteiger partial charge < -0.3 is 19.5 Å². The molecule has 0 saturated heterocycles. The molecule has 0 unspecified atom stereocenters.